The molecule has 100 valence electrons. The molecule has 0 aromatic carbocycles. The molecular formula is C10H20NO4PS. The van der Waals surface area contributed by atoms with Gasteiger partial charge in [0.1, 0.15) is 6.61 Å². The second-order valence-electron chi connectivity index (χ2n) is 3.70. The van der Waals surface area contributed by atoms with Crippen molar-refractivity contribution in [2.75, 3.05) is 19.0 Å². The summed E-state index contributed by atoms with van der Waals surface area (Å²) in [6, 6.07) is -0.135. The SMILES string of the molecule is CCCSP(=O)(OCC)N1C(=O)OCC1CC. The summed E-state index contributed by atoms with van der Waals surface area (Å²) in [5, 5.41) is 0. The van der Waals surface area contributed by atoms with Crippen molar-refractivity contribution < 1.29 is 18.6 Å². The molecule has 0 radical (unpaired) electrons. The lowest BCUT2D eigenvalue weighted by atomic mass is 10.3. The van der Waals surface area contributed by atoms with Crippen LogP contribution in [0.1, 0.15) is 33.6 Å². The van der Waals surface area contributed by atoms with Crippen molar-refractivity contribution in [3.8, 4) is 0 Å². The number of amides is 1. The Morgan fingerprint density at radius 1 is 1.53 bits per heavy atom. The van der Waals surface area contributed by atoms with Crippen LogP contribution in [-0.2, 0) is 13.8 Å². The average Bonchev–Trinajstić information content (AvgIpc) is 2.69. The first kappa shape index (κ1) is 14.9. The average molecular weight is 281 g/mol. The molecule has 17 heavy (non-hydrogen) atoms. The van der Waals surface area contributed by atoms with Crippen LogP contribution in [0.5, 0.6) is 0 Å². The molecule has 0 aromatic rings. The number of cyclic esters (lactones) is 1. The third-order valence-corrected chi connectivity index (χ3v) is 7.31. The van der Waals surface area contributed by atoms with E-state index in [1.54, 1.807) is 6.92 Å². The maximum atomic E-state index is 12.7. The summed E-state index contributed by atoms with van der Waals surface area (Å²) in [6.07, 6.45) is 1.09. The molecule has 0 saturated carbocycles. The number of carbonyl (C=O) groups excluding carboxylic acids is 1. The first-order chi connectivity index (χ1) is 8.09. The second-order valence-corrected chi connectivity index (χ2v) is 8.15. The molecule has 1 aliphatic rings. The van der Waals surface area contributed by atoms with Gasteiger partial charge in [-0.15, -0.1) is 0 Å². The summed E-state index contributed by atoms with van der Waals surface area (Å²) in [7, 11) is 0. The van der Waals surface area contributed by atoms with Crippen molar-refractivity contribution in [1.82, 2.24) is 4.67 Å². The highest BCUT2D eigenvalue weighted by Gasteiger charge is 2.45. The van der Waals surface area contributed by atoms with E-state index in [9.17, 15) is 9.36 Å². The van der Waals surface area contributed by atoms with Crippen molar-refractivity contribution >= 4 is 24.2 Å². The van der Waals surface area contributed by atoms with Crippen molar-refractivity contribution in [2.45, 2.75) is 39.7 Å². The van der Waals surface area contributed by atoms with Gasteiger partial charge in [0.2, 0.25) is 0 Å². The van der Waals surface area contributed by atoms with Gasteiger partial charge in [0.15, 0.2) is 0 Å². The Balaban J connectivity index is 2.87. The number of rotatable bonds is 7. The van der Waals surface area contributed by atoms with Crippen LogP contribution in [0, 0.1) is 0 Å². The summed E-state index contributed by atoms with van der Waals surface area (Å²) >= 11 is 1.23. The third-order valence-electron chi connectivity index (χ3n) is 2.42. The molecule has 0 spiro atoms. The number of hydrogen-bond acceptors (Lipinski definition) is 5. The Labute approximate surface area is 106 Å². The van der Waals surface area contributed by atoms with Gasteiger partial charge in [-0.05, 0) is 31.1 Å². The lowest BCUT2D eigenvalue weighted by molar-refractivity contribution is 0.167. The van der Waals surface area contributed by atoms with E-state index in [2.05, 4.69) is 0 Å². The first-order valence-electron chi connectivity index (χ1n) is 5.94. The van der Waals surface area contributed by atoms with E-state index in [1.807, 2.05) is 13.8 Å². The van der Waals surface area contributed by atoms with E-state index >= 15 is 0 Å². The molecule has 1 saturated heterocycles. The topological polar surface area (TPSA) is 55.8 Å². The van der Waals surface area contributed by atoms with Crippen LogP contribution < -0.4 is 0 Å². The Hall–Kier alpha value is -0.190. The third kappa shape index (κ3) is 3.39. The highest BCUT2D eigenvalue weighted by molar-refractivity contribution is 8.56. The highest BCUT2D eigenvalue weighted by Crippen LogP contribution is 2.64. The van der Waals surface area contributed by atoms with Gasteiger partial charge in [0.05, 0.1) is 12.6 Å². The Kier molecular flexibility index (Phi) is 5.83. The van der Waals surface area contributed by atoms with Gasteiger partial charge in [0.25, 0.3) is 0 Å². The molecule has 1 rings (SSSR count). The van der Waals surface area contributed by atoms with E-state index in [0.717, 1.165) is 12.8 Å². The predicted octanol–water partition coefficient (Wildman–Crippen LogP) is 3.51. The van der Waals surface area contributed by atoms with Crippen molar-refractivity contribution in [1.29, 1.82) is 0 Å². The van der Waals surface area contributed by atoms with Crippen LogP contribution in [0.25, 0.3) is 0 Å². The zero-order valence-electron chi connectivity index (χ0n) is 10.5. The molecular weight excluding hydrogens is 261 g/mol. The summed E-state index contributed by atoms with van der Waals surface area (Å²) in [6.45, 7) is 3.22. The van der Waals surface area contributed by atoms with E-state index < -0.39 is 12.8 Å². The zero-order valence-corrected chi connectivity index (χ0v) is 12.3. The van der Waals surface area contributed by atoms with Crippen LogP contribution in [0.4, 0.5) is 4.79 Å². The molecule has 0 aromatic heterocycles. The fraction of sp³-hybridized carbons (Fsp3) is 0.900. The van der Waals surface area contributed by atoms with Crippen LogP contribution in [-0.4, -0.2) is 35.8 Å². The van der Waals surface area contributed by atoms with Crippen LogP contribution in [0.3, 0.4) is 0 Å². The molecule has 1 heterocycles. The lowest BCUT2D eigenvalue weighted by Crippen LogP contribution is -2.30. The predicted molar refractivity (Wildman–Crippen MR) is 69.2 cm³/mol. The minimum absolute atomic E-state index is 0.135. The summed E-state index contributed by atoms with van der Waals surface area (Å²) < 4.78 is 24.4. The molecule has 1 amide bonds. The van der Waals surface area contributed by atoms with Gasteiger partial charge in [-0.1, -0.05) is 13.8 Å². The number of hydrogen-bond donors (Lipinski definition) is 0. The number of ether oxygens (including phenoxy) is 1. The fourth-order valence-electron chi connectivity index (χ4n) is 1.58. The van der Waals surface area contributed by atoms with Gasteiger partial charge in [-0.3, -0.25) is 4.57 Å². The Morgan fingerprint density at radius 3 is 2.76 bits per heavy atom. The van der Waals surface area contributed by atoms with Gasteiger partial charge < -0.3 is 9.26 Å². The molecule has 5 nitrogen and oxygen atoms in total. The number of nitrogens with zero attached hydrogens (tertiary/aromatic N) is 1. The highest BCUT2D eigenvalue weighted by atomic mass is 32.7. The van der Waals surface area contributed by atoms with Crippen LogP contribution in [0.15, 0.2) is 0 Å². The van der Waals surface area contributed by atoms with Crippen LogP contribution in [0.2, 0.25) is 0 Å². The zero-order chi connectivity index (χ0) is 12.9. The molecule has 7 heteroatoms. The van der Waals surface area contributed by atoms with E-state index in [1.165, 1.54) is 16.1 Å². The fourth-order valence-corrected chi connectivity index (χ4v) is 6.28. The maximum absolute atomic E-state index is 12.7. The van der Waals surface area contributed by atoms with Crippen molar-refractivity contribution in [3.05, 3.63) is 0 Å². The largest absolute Gasteiger partial charge is 0.447 e. The Morgan fingerprint density at radius 2 is 2.24 bits per heavy atom. The van der Waals surface area contributed by atoms with Gasteiger partial charge in [0, 0.05) is 5.75 Å². The monoisotopic (exact) mass is 281 g/mol. The van der Waals surface area contributed by atoms with Crippen LogP contribution >= 0.6 is 18.1 Å². The standard InChI is InChI=1S/C10H20NO4PS/c1-4-7-17-16(13,15-6-3)11-9(5-2)8-14-10(11)12/h9H,4-8H2,1-3H3. The smallest absolute Gasteiger partial charge is 0.418 e. The minimum Gasteiger partial charge on any atom is -0.447 e. The summed E-state index contributed by atoms with van der Waals surface area (Å²) in [5.74, 6) is 0.706. The molecule has 2 atom stereocenters. The van der Waals surface area contributed by atoms with Crippen molar-refractivity contribution in [3.63, 3.8) is 0 Å². The normalized spacial score (nSPS) is 23.6. The molecule has 0 N–H and O–H groups in total. The minimum atomic E-state index is -3.14. The molecule has 1 aliphatic heterocycles. The van der Waals surface area contributed by atoms with Gasteiger partial charge in [-0.2, -0.15) is 0 Å². The second kappa shape index (κ2) is 6.66. The molecule has 2 unspecified atom stereocenters. The van der Waals surface area contributed by atoms with E-state index in [0.29, 0.717) is 19.0 Å². The number of carbonyl (C=O) groups is 1. The molecule has 0 aliphatic carbocycles. The van der Waals surface area contributed by atoms with E-state index in [-0.39, 0.29) is 6.04 Å². The molecule has 1 fully saturated rings. The quantitative estimate of drug-likeness (QED) is 0.668. The lowest BCUT2D eigenvalue weighted by Gasteiger charge is -2.28. The summed E-state index contributed by atoms with van der Waals surface area (Å²) in [5.41, 5.74) is 0. The molecule has 0 bridgehead atoms. The first-order valence-corrected chi connectivity index (χ1v) is 9.11. The Bertz CT molecular complexity index is 313. The van der Waals surface area contributed by atoms with Crippen molar-refractivity contribution in [2.24, 2.45) is 0 Å². The summed E-state index contributed by atoms with van der Waals surface area (Å²) in [4.78, 5) is 11.7. The van der Waals surface area contributed by atoms with Gasteiger partial charge >= 0.3 is 12.8 Å². The van der Waals surface area contributed by atoms with E-state index in [4.69, 9.17) is 9.26 Å². The maximum Gasteiger partial charge on any atom is 0.418 e. The van der Waals surface area contributed by atoms with Gasteiger partial charge in [-0.25, -0.2) is 9.46 Å².